The molecule has 1 aliphatic heterocycles. The summed E-state index contributed by atoms with van der Waals surface area (Å²) in [6, 6.07) is 0. The molecule has 2 heterocycles. The van der Waals surface area contributed by atoms with E-state index in [1.165, 1.54) is 0 Å². The number of aromatic nitrogens is 2. The number of aliphatic hydroxyl groups excluding tert-OH is 1. The number of hydrogen-bond donors (Lipinski definition) is 2. The zero-order chi connectivity index (χ0) is 12.5. The standard InChI is InChI=1S/C6H5ClN2OS.C4H9NO/c7-6-8-3-5-4(9-6)1-2-11(5)10;5-4(3-6)1-2-4/h3H,1-2H2;6H,1-3,5H2. The van der Waals surface area contributed by atoms with Gasteiger partial charge in [-0.25, -0.2) is 9.97 Å². The number of rotatable bonds is 1. The van der Waals surface area contributed by atoms with Crippen LogP contribution in [-0.2, 0) is 17.2 Å². The maximum atomic E-state index is 11.2. The van der Waals surface area contributed by atoms with Crippen molar-refractivity contribution in [2.45, 2.75) is 29.7 Å². The lowest BCUT2D eigenvalue weighted by molar-refractivity contribution is 0.257. The van der Waals surface area contributed by atoms with E-state index in [0.29, 0.717) is 5.75 Å². The fraction of sp³-hybridized carbons (Fsp3) is 0.600. The van der Waals surface area contributed by atoms with Crippen molar-refractivity contribution in [3.8, 4) is 0 Å². The van der Waals surface area contributed by atoms with E-state index in [4.69, 9.17) is 22.4 Å². The minimum atomic E-state index is -0.890. The molecule has 0 saturated heterocycles. The Bertz CT molecular complexity index is 451. The zero-order valence-electron chi connectivity index (χ0n) is 9.23. The molecule has 1 fully saturated rings. The van der Waals surface area contributed by atoms with Gasteiger partial charge in [0.15, 0.2) is 0 Å². The molecule has 0 bridgehead atoms. The van der Waals surface area contributed by atoms with E-state index in [-0.39, 0.29) is 17.4 Å². The number of fused-ring (bicyclic) bond motifs is 1. The van der Waals surface area contributed by atoms with Gasteiger partial charge in [0, 0.05) is 23.9 Å². The number of aryl methyl sites for hydroxylation is 1. The lowest BCUT2D eigenvalue weighted by Gasteiger charge is -1.97. The highest BCUT2D eigenvalue weighted by atomic mass is 35.5. The molecule has 1 unspecified atom stereocenters. The van der Waals surface area contributed by atoms with Crippen LogP contribution in [0, 0.1) is 0 Å². The molecular formula is C10H14ClN3O2S. The van der Waals surface area contributed by atoms with Crippen LogP contribution in [0.1, 0.15) is 18.5 Å². The van der Waals surface area contributed by atoms with E-state index >= 15 is 0 Å². The molecule has 3 N–H and O–H groups in total. The van der Waals surface area contributed by atoms with Crippen LogP contribution in [0.5, 0.6) is 0 Å². The van der Waals surface area contributed by atoms with Gasteiger partial charge in [0.1, 0.15) is 0 Å². The quantitative estimate of drug-likeness (QED) is 0.718. The van der Waals surface area contributed by atoms with Crippen LogP contribution >= 0.6 is 11.6 Å². The zero-order valence-corrected chi connectivity index (χ0v) is 10.8. The van der Waals surface area contributed by atoms with E-state index < -0.39 is 10.8 Å². The Labute approximate surface area is 107 Å². The molecule has 3 rings (SSSR count). The molecule has 7 heteroatoms. The third-order valence-electron chi connectivity index (χ3n) is 2.78. The lowest BCUT2D eigenvalue weighted by atomic mass is 10.3. The second-order valence-corrected chi connectivity index (χ2v) is 6.15. The molecule has 1 aromatic rings. The average molecular weight is 276 g/mol. The summed E-state index contributed by atoms with van der Waals surface area (Å²) in [6.45, 7) is 0.160. The first-order valence-electron chi connectivity index (χ1n) is 5.34. The summed E-state index contributed by atoms with van der Waals surface area (Å²) in [4.78, 5) is 8.47. The van der Waals surface area contributed by atoms with Crippen molar-refractivity contribution in [3.63, 3.8) is 0 Å². The van der Waals surface area contributed by atoms with Crippen LogP contribution in [0.4, 0.5) is 0 Å². The predicted octanol–water partition coefficient (Wildman–Crippen LogP) is 0.264. The Morgan fingerprint density at radius 1 is 1.59 bits per heavy atom. The first-order chi connectivity index (χ1) is 8.04. The third kappa shape index (κ3) is 3.22. The molecule has 0 radical (unpaired) electrons. The summed E-state index contributed by atoms with van der Waals surface area (Å²) in [5.74, 6) is 0.657. The van der Waals surface area contributed by atoms with Gasteiger partial charge in [0.25, 0.3) is 0 Å². The van der Waals surface area contributed by atoms with Gasteiger partial charge in [-0.1, -0.05) is 0 Å². The Kier molecular flexibility index (Phi) is 3.77. The SMILES string of the molecule is NC1(CO)CC1.O=S1CCc2nc(Cl)ncc21. The van der Waals surface area contributed by atoms with Crippen molar-refractivity contribution >= 4 is 22.4 Å². The Morgan fingerprint density at radius 3 is 2.82 bits per heavy atom. The first kappa shape index (κ1) is 12.9. The number of nitrogens with zero attached hydrogens (tertiary/aromatic N) is 2. The van der Waals surface area contributed by atoms with Crippen molar-refractivity contribution in [3.05, 3.63) is 17.2 Å². The Morgan fingerprint density at radius 2 is 2.29 bits per heavy atom. The smallest absolute Gasteiger partial charge is 0.222 e. The maximum Gasteiger partial charge on any atom is 0.222 e. The fourth-order valence-electron chi connectivity index (χ4n) is 1.37. The van der Waals surface area contributed by atoms with Gasteiger partial charge in [-0.15, -0.1) is 0 Å². The molecule has 1 saturated carbocycles. The topological polar surface area (TPSA) is 89.1 Å². The monoisotopic (exact) mass is 275 g/mol. The minimum absolute atomic E-state index is 0.153. The third-order valence-corrected chi connectivity index (χ3v) is 4.37. The van der Waals surface area contributed by atoms with E-state index in [2.05, 4.69) is 9.97 Å². The molecule has 5 nitrogen and oxygen atoms in total. The molecular weight excluding hydrogens is 262 g/mol. The maximum absolute atomic E-state index is 11.2. The molecule has 1 aliphatic carbocycles. The highest BCUT2D eigenvalue weighted by Crippen LogP contribution is 2.30. The summed E-state index contributed by atoms with van der Waals surface area (Å²) in [6.07, 6.45) is 4.31. The van der Waals surface area contributed by atoms with Crippen LogP contribution in [0.25, 0.3) is 0 Å². The van der Waals surface area contributed by atoms with Gasteiger partial charge >= 0.3 is 0 Å². The normalized spacial score (nSPS) is 23.6. The van der Waals surface area contributed by atoms with Crippen molar-refractivity contribution in [1.29, 1.82) is 0 Å². The van der Waals surface area contributed by atoms with Gasteiger partial charge in [-0.2, -0.15) is 0 Å². The molecule has 1 atom stereocenters. The highest BCUT2D eigenvalue weighted by Gasteiger charge is 2.36. The van der Waals surface area contributed by atoms with E-state index in [9.17, 15) is 4.21 Å². The molecule has 94 valence electrons. The van der Waals surface area contributed by atoms with Crippen LogP contribution in [0.3, 0.4) is 0 Å². The van der Waals surface area contributed by atoms with Crippen LogP contribution < -0.4 is 5.73 Å². The molecule has 1 aromatic heterocycles. The summed E-state index contributed by atoms with van der Waals surface area (Å²) >= 11 is 5.55. The van der Waals surface area contributed by atoms with Gasteiger partial charge in [0.05, 0.1) is 28.0 Å². The molecule has 0 aromatic carbocycles. The average Bonchev–Trinajstić information content (AvgIpc) is 2.96. The Balaban J connectivity index is 0.000000153. The second kappa shape index (κ2) is 4.97. The van der Waals surface area contributed by atoms with Crippen LogP contribution in [0.2, 0.25) is 5.28 Å². The summed E-state index contributed by atoms with van der Waals surface area (Å²) in [7, 11) is -0.890. The van der Waals surface area contributed by atoms with Crippen molar-refractivity contribution < 1.29 is 9.32 Å². The van der Waals surface area contributed by atoms with Crippen LogP contribution in [0.15, 0.2) is 11.1 Å². The summed E-state index contributed by atoms with van der Waals surface area (Å²) < 4.78 is 11.2. The van der Waals surface area contributed by atoms with Gasteiger partial charge in [-0.3, -0.25) is 4.21 Å². The fourth-order valence-corrected chi connectivity index (χ4v) is 2.70. The summed E-state index contributed by atoms with van der Waals surface area (Å²) in [5.41, 5.74) is 6.08. The molecule has 2 aliphatic rings. The van der Waals surface area contributed by atoms with Crippen molar-refractivity contribution in [2.75, 3.05) is 12.4 Å². The number of nitrogens with two attached hydrogens (primary N) is 1. The second-order valence-electron chi connectivity index (χ2n) is 4.27. The van der Waals surface area contributed by atoms with E-state index in [1.807, 2.05) is 0 Å². The van der Waals surface area contributed by atoms with Crippen LogP contribution in [-0.4, -0.2) is 37.2 Å². The lowest BCUT2D eigenvalue weighted by Crippen LogP contribution is -2.25. The molecule has 0 spiro atoms. The van der Waals surface area contributed by atoms with Crippen molar-refractivity contribution in [1.82, 2.24) is 9.97 Å². The van der Waals surface area contributed by atoms with E-state index in [1.54, 1.807) is 6.20 Å². The van der Waals surface area contributed by atoms with Gasteiger partial charge in [-0.05, 0) is 24.4 Å². The summed E-state index contributed by atoms with van der Waals surface area (Å²) in [5, 5.41) is 8.58. The number of halogens is 1. The van der Waals surface area contributed by atoms with E-state index in [0.717, 1.165) is 29.9 Å². The highest BCUT2D eigenvalue weighted by molar-refractivity contribution is 7.85. The van der Waals surface area contributed by atoms with Crippen molar-refractivity contribution in [2.24, 2.45) is 5.73 Å². The Hall–Kier alpha value is -0.560. The number of aliphatic hydroxyl groups is 1. The number of hydrogen-bond acceptors (Lipinski definition) is 5. The minimum Gasteiger partial charge on any atom is -0.394 e. The van der Waals surface area contributed by atoms with Gasteiger partial charge < -0.3 is 10.8 Å². The van der Waals surface area contributed by atoms with Gasteiger partial charge in [0.2, 0.25) is 5.28 Å². The first-order valence-corrected chi connectivity index (χ1v) is 7.03. The molecule has 17 heavy (non-hydrogen) atoms. The largest absolute Gasteiger partial charge is 0.394 e. The molecule has 0 amide bonds. The predicted molar refractivity (Wildman–Crippen MR) is 65.3 cm³/mol.